The van der Waals surface area contributed by atoms with Crippen molar-refractivity contribution in [2.75, 3.05) is 25.0 Å². The summed E-state index contributed by atoms with van der Waals surface area (Å²) in [6.07, 6.45) is 9.08. The number of hydrogen-bond acceptors (Lipinski definition) is 6. The fourth-order valence-electron chi connectivity index (χ4n) is 3.61. The van der Waals surface area contributed by atoms with E-state index in [0.717, 1.165) is 54.5 Å². The number of nitrogens with one attached hydrogen (secondary N) is 2. The van der Waals surface area contributed by atoms with Gasteiger partial charge in [-0.2, -0.15) is 0 Å². The van der Waals surface area contributed by atoms with E-state index >= 15 is 0 Å². The fraction of sp³-hybridized carbons (Fsp3) is 0.500. The molecule has 0 atom stereocenters. The van der Waals surface area contributed by atoms with Crippen molar-refractivity contribution in [1.82, 2.24) is 29.8 Å². The molecular weight excluding hydrogens is 338 g/mol. The number of rotatable bonds is 6. The molecule has 4 heterocycles. The Morgan fingerprint density at radius 3 is 2.85 bits per heavy atom. The van der Waals surface area contributed by atoms with Crippen molar-refractivity contribution in [2.24, 2.45) is 5.92 Å². The molecule has 1 saturated heterocycles. The van der Waals surface area contributed by atoms with E-state index in [2.05, 4.69) is 39.0 Å². The van der Waals surface area contributed by atoms with E-state index in [1.54, 1.807) is 12.4 Å². The molecule has 0 aliphatic carbocycles. The smallest absolute Gasteiger partial charge is 0.166 e. The van der Waals surface area contributed by atoms with Crippen molar-refractivity contribution in [3.8, 4) is 11.4 Å². The minimum absolute atomic E-state index is 0.286. The second kappa shape index (κ2) is 8.00. The Bertz CT molecular complexity index is 882. The van der Waals surface area contributed by atoms with Crippen molar-refractivity contribution in [3.63, 3.8) is 0 Å². The zero-order valence-electron chi connectivity index (χ0n) is 16.0. The lowest BCUT2D eigenvalue weighted by Crippen LogP contribution is -2.28. The highest BCUT2D eigenvalue weighted by atomic mass is 15.2. The molecule has 2 N–H and O–H groups in total. The van der Waals surface area contributed by atoms with E-state index in [1.807, 2.05) is 18.5 Å². The molecule has 0 unspecified atom stereocenters. The standard InChI is InChI=1S/C20H27N7/c1-14(2)27-13-24-17-19(23-11-7-15-5-9-21-10-6-15)25-18(26-20(17)27)16-4-3-8-22-12-16/h3-4,8,12-15,21H,5-7,9-11H2,1-2H3,(H,23,25,26). The van der Waals surface area contributed by atoms with Gasteiger partial charge in [-0.3, -0.25) is 4.98 Å². The summed E-state index contributed by atoms with van der Waals surface area (Å²) in [6.45, 7) is 7.44. The second-order valence-corrected chi connectivity index (χ2v) is 7.46. The van der Waals surface area contributed by atoms with E-state index < -0.39 is 0 Å². The minimum atomic E-state index is 0.286. The lowest BCUT2D eigenvalue weighted by Gasteiger charge is -2.22. The van der Waals surface area contributed by atoms with Crippen molar-refractivity contribution >= 4 is 17.0 Å². The fourth-order valence-corrected chi connectivity index (χ4v) is 3.61. The van der Waals surface area contributed by atoms with Gasteiger partial charge in [0.05, 0.1) is 6.33 Å². The summed E-state index contributed by atoms with van der Waals surface area (Å²) in [5, 5.41) is 6.96. The molecule has 3 aromatic rings. The second-order valence-electron chi connectivity index (χ2n) is 7.46. The molecule has 7 nitrogen and oxygen atoms in total. The first-order valence-electron chi connectivity index (χ1n) is 9.82. The van der Waals surface area contributed by atoms with Gasteiger partial charge in [0.15, 0.2) is 17.3 Å². The van der Waals surface area contributed by atoms with Crippen LogP contribution in [0.5, 0.6) is 0 Å². The summed E-state index contributed by atoms with van der Waals surface area (Å²) in [4.78, 5) is 18.4. The first-order valence-corrected chi connectivity index (χ1v) is 9.82. The Morgan fingerprint density at radius 1 is 1.26 bits per heavy atom. The molecular formula is C20H27N7. The first kappa shape index (κ1) is 17.9. The third kappa shape index (κ3) is 3.93. The van der Waals surface area contributed by atoms with Crippen molar-refractivity contribution in [1.29, 1.82) is 0 Å². The van der Waals surface area contributed by atoms with Gasteiger partial charge >= 0.3 is 0 Å². The quantitative estimate of drug-likeness (QED) is 0.698. The van der Waals surface area contributed by atoms with Crippen LogP contribution in [0.15, 0.2) is 30.9 Å². The van der Waals surface area contributed by atoms with Crippen LogP contribution in [0.2, 0.25) is 0 Å². The number of hydrogen-bond donors (Lipinski definition) is 2. The normalized spacial score (nSPS) is 15.5. The SMILES string of the molecule is CC(C)n1cnc2c(NCCC3CCNCC3)nc(-c3cccnc3)nc21. The van der Waals surface area contributed by atoms with Crippen LogP contribution < -0.4 is 10.6 Å². The zero-order valence-corrected chi connectivity index (χ0v) is 16.0. The summed E-state index contributed by atoms with van der Waals surface area (Å²) < 4.78 is 2.09. The summed E-state index contributed by atoms with van der Waals surface area (Å²) in [5.41, 5.74) is 2.61. The van der Waals surface area contributed by atoms with Gasteiger partial charge in [-0.05, 0) is 64.3 Å². The lowest BCUT2D eigenvalue weighted by atomic mass is 9.95. The molecule has 142 valence electrons. The number of imidazole rings is 1. The molecule has 0 saturated carbocycles. The van der Waals surface area contributed by atoms with Crippen LogP contribution in [-0.2, 0) is 0 Å². The van der Waals surface area contributed by atoms with Gasteiger partial charge in [0.1, 0.15) is 5.52 Å². The van der Waals surface area contributed by atoms with Crippen LogP contribution in [0.3, 0.4) is 0 Å². The monoisotopic (exact) mass is 365 g/mol. The molecule has 1 aliphatic rings. The van der Waals surface area contributed by atoms with Gasteiger partial charge in [-0.1, -0.05) is 0 Å². The molecule has 0 radical (unpaired) electrons. The molecule has 4 rings (SSSR count). The van der Waals surface area contributed by atoms with Gasteiger partial charge in [0.25, 0.3) is 0 Å². The number of fused-ring (bicyclic) bond motifs is 1. The number of aromatic nitrogens is 5. The average Bonchev–Trinajstić information content (AvgIpc) is 3.14. The predicted molar refractivity (Wildman–Crippen MR) is 108 cm³/mol. The van der Waals surface area contributed by atoms with Crippen LogP contribution in [0.1, 0.15) is 39.2 Å². The number of piperidine rings is 1. The van der Waals surface area contributed by atoms with E-state index in [9.17, 15) is 0 Å². The van der Waals surface area contributed by atoms with Crippen LogP contribution >= 0.6 is 0 Å². The molecule has 1 aliphatic heterocycles. The maximum Gasteiger partial charge on any atom is 0.166 e. The maximum absolute atomic E-state index is 4.79. The topological polar surface area (TPSA) is 80.5 Å². The highest BCUT2D eigenvalue weighted by molar-refractivity contribution is 5.85. The predicted octanol–water partition coefficient (Wildman–Crippen LogP) is 3.27. The van der Waals surface area contributed by atoms with Crippen molar-refractivity contribution < 1.29 is 0 Å². The van der Waals surface area contributed by atoms with Crippen molar-refractivity contribution in [3.05, 3.63) is 30.9 Å². The Hall–Kier alpha value is -2.54. The molecule has 3 aromatic heterocycles. The third-order valence-electron chi connectivity index (χ3n) is 5.20. The molecule has 0 amide bonds. The summed E-state index contributed by atoms with van der Waals surface area (Å²) in [5.74, 6) is 2.27. The first-order chi connectivity index (χ1) is 13.2. The third-order valence-corrected chi connectivity index (χ3v) is 5.20. The van der Waals surface area contributed by atoms with Crippen molar-refractivity contribution in [2.45, 2.75) is 39.2 Å². The van der Waals surface area contributed by atoms with Gasteiger partial charge in [-0.25, -0.2) is 15.0 Å². The largest absolute Gasteiger partial charge is 0.368 e. The van der Waals surface area contributed by atoms with Gasteiger partial charge in [-0.15, -0.1) is 0 Å². The number of anilines is 1. The Labute approximate surface area is 159 Å². The maximum atomic E-state index is 4.79. The van der Waals surface area contributed by atoms with Crippen LogP contribution in [0.4, 0.5) is 5.82 Å². The Balaban J connectivity index is 1.63. The van der Waals surface area contributed by atoms with Gasteiger partial charge in [0, 0.05) is 30.5 Å². The molecule has 7 heteroatoms. The Morgan fingerprint density at radius 2 is 2.11 bits per heavy atom. The summed E-state index contributed by atoms with van der Waals surface area (Å²) in [7, 11) is 0. The van der Waals surface area contributed by atoms with Gasteiger partial charge < -0.3 is 15.2 Å². The lowest BCUT2D eigenvalue weighted by molar-refractivity contribution is 0.361. The molecule has 0 bridgehead atoms. The van der Waals surface area contributed by atoms with Crippen LogP contribution in [-0.4, -0.2) is 44.1 Å². The summed E-state index contributed by atoms with van der Waals surface area (Å²) >= 11 is 0. The van der Waals surface area contributed by atoms with E-state index in [0.29, 0.717) is 5.82 Å². The van der Waals surface area contributed by atoms with Crippen LogP contribution in [0, 0.1) is 5.92 Å². The zero-order chi connectivity index (χ0) is 18.6. The van der Waals surface area contributed by atoms with E-state index in [-0.39, 0.29) is 6.04 Å². The van der Waals surface area contributed by atoms with Crippen LogP contribution in [0.25, 0.3) is 22.6 Å². The highest BCUT2D eigenvalue weighted by Crippen LogP contribution is 2.26. The minimum Gasteiger partial charge on any atom is -0.368 e. The summed E-state index contributed by atoms with van der Waals surface area (Å²) in [6, 6.07) is 4.19. The Kier molecular flexibility index (Phi) is 5.29. The van der Waals surface area contributed by atoms with Gasteiger partial charge in [0.2, 0.25) is 0 Å². The molecule has 1 fully saturated rings. The molecule has 0 aromatic carbocycles. The number of nitrogens with zero attached hydrogens (tertiary/aromatic N) is 5. The van der Waals surface area contributed by atoms with E-state index in [4.69, 9.17) is 9.97 Å². The molecule has 27 heavy (non-hydrogen) atoms. The average molecular weight is 365 g/mol. The highest BCUT2D eigenvalue weighted by Gasteiger charge is 2.17. The number of pyridine rings is 1. The molecule has 0 spiro atoms. The van der Waals surface area contributed by atoms with E-state index in [1.165, 1.54) is 12.8 Å².